The molecule has 1 aliphatic heterocycles. The predicted octanol–water partition coefficient (Wildman–Crippen LogP) is 8.06. The van der Waals surface area contributed by atoms with E-state index in [-0.39, 0.29) is 29.4 Å². The van der Waals surface area contributed by atoms with Gasteiger partial charge in [-0.15, -0.1) is 11.8 Å². The molecule has 2 aromatic rings. The highest BCUT2D eigenvalue weighted by Crippen LogP contribution is 2.52. The number of aromatic hydroxyl groups is 2. The first-order chi connectivity index (χ1) is 21.5. The standard InChI is InChI=1S/C32H42F5NO6S2/c1-30(23-11-13-24(39)14-12-23)22-45-28-20-25(40)15-16-26(28)27(30)10-7-5-3-2-4-6-8-18-38(21-29(41)42)46(43,44)19-9-17-31(33,34)32(35,36)37/h11-16,20,27,39-40H,2-10,17-19,21-22H2,1H3,(H,41,42)/t27-,30-/m1/s1. The Balaban J connectivity index is 1.45. The number of hydrogen-bond acceptors (Lipinski definition) is 6. The molecule has 0 aromatic heterocycles. The Bertz CT molecular complexity index is 1400. The van der Waals surface area contributed by atoms with Crippen molar-refractivity contribution < 1.29 is 50.5 Å². The zero-order valence-corrected chi connectivity index (χ0v) is 27.4. The lowest BCUT2D eigenvalue weighted by atomic mass is 9.68. The maximum atomic E-state index is 13.2. The lowest BCUT2D eigenvalue weighted by Gasteiger charge is -2.43. The normalized spacial score (nSPS) is 18.9. The lowest BCUT2D eigenvalue weighted by molar-refractivity contribution is -0.284. The summed E-state index contributed by atoms with van der Waals surface area (Å²) in [5, 5.41) is 28.9. The van der Waals surface area contributed by atoms with E-state index < -0.39 is 53.2 Å². The van der Waals surface area contributed by atoms with E-state index in [1.165, 1.54) is 5.56 Å². The highest BCUT2D eigenvalue weighted by molar-refractivity contribution is 7.99. The lowest BCUT2D eigenvalue weighted by Crippen LogP contribution is -2.39. The van der Waals surface area contributed by atoms with Crippen molar-refractivity contribution in [1.29, 1.82) is 0 Å². The predicted molar refractivity (Wildman–Crippen MR) is 167 cm³/mol. The maximum Gasteiger partial charge on any atom is 0.453 e. The second kappa shape index (κ2) is 16.0. The summed E-state index contributed by atoms with van der Waals surface area (Å²) in [6.07, 6.45) is -2.06. The molecule has 0 bridgehead atoms. The van der Waals surface area contributed by atoms with Crippen LogP contribution in [0.1, 0.15) is 88.2 Å². The molecule has 0 saturated heterocycles. The van der Waals surface area contributed by atoms with Crippen LogP contribution in [0.25, 0.3) is 0 Å². The fourth-order valence-electron chi connectivity index (χ4n) is 5.94. The fraction of sp³-hybridized carbons (Fsp3) is 0.594. The second-order valence-corrected chi connectivity index (χ2v) is 15.2. The molecule has 0 unspecified atom stereocenters. The minimum Gasteiger partial charge on any atom is -0.508 e. The van der Waals surface area contributed by atoms with Crippen LogP contribution in [0.4, 0.5) is 22.0 Å². The van der Waals surface area contributed by atoms with Gasteiger partial charge < -0.3 is 15.3 Å². The summed E-state index contributed by atoms with van der Waals surface area (Å²) in [7, 11) is -4.33. The summed E-state index contributed by atoms with van der Waals surface area (Å²) >= 11 is 1.71. The zero-order valence-electron chi connectivity index (χ0n) is 25.7. The number of alkyl halides is 5. The number of nitrogens with zero attached hydrogens (tertiary/aromatic N) is 1. The molecule has 0 fully saturated rings. The first-order valence-corrected chi connectivity index (χ1v) is 18.0. The van der Waals surface area contributed by atoms with Crippen LogP contribution in [-0.4, -0.2) is 70.7 Å². The molecule has 3 rings (SSSR count). The number of sulfonamides is 1. The van der Waals surface area contributed by atoms with Crippen molar-refractivity contribution in [3.63, 3.8) is 0 Å². The topological polar surface area (TPSA) is 115 Å². The van der Waals surface area contributed by atoms with E-state index in [4.69, 9.17) is 5.11 Å². The summed E-state index contributed by atoms with van der Waals surface area (Å²) in [6.45, 7) is 1.19. The van der Waals surface area contributed by atoms with E-state index in [0.29, 0.717) is 17.1 Å². The Kier molecular flexibility index (Phi) is 13.2. The van der Waals surface area contributed by atoms with Crippen molar-refractivity contribution >= 4 is 27.8 Å². The van der Waals surface area contributed by atoms with Gasteiger partial charge in [-0.05, 0) is 60.6 Å². The van der Waals surface area contributed by atoms with Gasteiger partial charge in [0.2, 0.25) is 10.0 Å². The number of fused-ring (bicyclic) bond motifs is 1. The first-order valence-electron chi connectivity index (χ1n) is 15.4. The summed E-state index contributed by atoms with van der Waals surface area (Å²) in [4.78, 5) is 12.3. The SMILES string of the molecule is C[C@]1(c2ccc(O)cc2)CSc2cc(O)ccc2[C@H]1CCCCCCCCCN(CC(=O)O)S(=O)(=O)CCCC(F)(F)C(F)(F)F. The fourth-order valence-corrected chi connectivity index (χ4v) is 8.83. The molecule has 0 saturated carbocycles. The Hall–Kier alpha value is -2.58. The molecule has 1 aliphatic rings. The highest BCUT2D eigenvalue weighted by atomic mass is 32.2. The van der Waals surface area contributed by atoms with E-state index in [1.54, 1.807) is 36.0 Å². The van der Waals surface area contributed by atoms with E-state index >= 15 is 0 Å². The van der Waals surface area contributed by atoms with E-state index in [2.05, 4.69) is 6.92 Å². The van der Waals surface area contributed by atoms with E-state index in [1.807, 2.05) is 18.2 Å². The van der Waals surface area contributed by atoms with Crippen molar-refractivity contribution in [3.8, 4) is 11.5 Å². The van der Waals surface area contributed by atoms with Gasteiger partial charge in [0.05, 0.1) is 5.75 Å². The zero-order chi connectivity index (χ0) is 34.2. The third-order valence-corrected chi connectivity index (χ3v) is 11.9. The van der Waals surface area contributed by atoms with Crippen molar-refractivity contribution in [2.45, 2.75) is 99.5 Å². The third-order valence-electron chi connectivity index (χ3n) is 8.61. The molecule has 0 amide bonds. The largest absolute Gasteiger partial charge is 0.508 e. The minimum absolute atomic E-state index is 0.158. The van der Waals surface area contributed by atoms with Gasteiger partial charge in [-0.2, -0.15) is 26.3 Å². The van der Waals surface area contributed by atoms with Crippen LogP contribution in [0.3, 0.4) is 0 Å². The van der Waals surface area contributed by atoms with E-state index in [9.17, 15) is 45.4 Å². The van der Waals surface area contributed by atoms with Crippen molar-refractivity contribution in [3.05, 3.63) is 53.6 Å². The molecule has 14 heteroatoms. The molecular formula is C32H42F5NO6S2. The number of aliphatic carboxylic acids is 1. The Morgan fingerprint density at radius 2 is 1.50 bits per heavy atom. The first kappa shape index (κ1) is 37.9. The summed E-state index contributed by atoms with van der Waals surface area (Å²) in [5.41, 5.74) is 2.16. The maximum absolute atomic E-state index is 13.2. The number of carboxylic acids is 1. The van der Waals surface area contributed by atoms with Crippen molar-refractivity contribution in [2.75, 3.05) is 24.6 Å². The van der Waals surface area contributed by atoms with Crippen LogP contribution in [0.5, 0.6) is 11.5 Å². The van der Waals surface area contributed by atoms with Crippen LogP contribution < -0.4 is 0 Å². The number of rotatable bonds is 18. The van der Waals surface area contributed by atoms with Crippen LogP contribution in [0.2, 0.25) is 0 Å². The van der Waals surface area contributed by atoms with Gasteiger partial charge in [-0.1, -0.05) is 63.6 Å². The monoisotopic (exact) mass is 695 g/mol. The summed E-state index contributed by atoms with van der Waals surface area (Å²) in [5.74, 6) is -5.99. The van der Waals surface area contributed by atoms with Crippen molar-refractivity contribution in [2.24, 2.45) is 0 Å². The molecule has 0 spiro atoms. The summed E-state index contributed by atoms with van der Waals surface area (Å²) < 4.78 is 89.1. The summed E-state index contributed by atoms with van der Waals surface area (Å²) in [6, 6.07) is 12.8. The number of benzene rings is 2. The number of hydrogen-bond donors (Lipinski definition) is 3. The van der Waals surface area contributed by atoms with Crippen LogP contribution in [-0.2, 0) is 20.2 Å². The van der Waals surface area contributed by atoms with Gasteiger partial charge in [0, 0.05) is 29.0 Å². The smallest absolute Gasteiger partial charge is 0.453 e. The number of carbonyl (C=O) groups is 1. The molecule has 2 aromatic carbocycles. The number of phenols is 2. The number of thioether (sulfide) groups is 1. The molecule has 0 aliphatic carbocycles. The Morgan fingerprint density at radius 3 is 2.11 bits per heavy atom. The molecule has 1 heterocycles. The minimum atomic E-state index is -5.78. The molecular weight excluding hydrogens is 653 g/mol. The van der Waals surface area contributed by atoms with Gasteiger partial charge in [0.25, 0.3) is 0 Å². The quantitative estimate of drug-likeness (QED) is 0.107. The van der Waals surface area contributed by atoms with Gasteiger partial charge in [-0.25, -0.2) is 8.42 Å². The van der Waals surface area contributed by atoms with Gasteiger partial charge in [0.1, 0.15) is 18.0 Å². The van der Waals surface area contributed by atoms with Gasteiger partial charge in [0.15, 0.2) is 0 Å². The number of unbranched alkanes of at least 4 members (excludes halogenated alkanes) is 6. The van der Waals surface area contributed by atoms with E-state index in [0.717, 1.165) is 54.7 Å². The van der Waals surface area contributed by atoms with Crippen LogP contribution >= 0.6 is 11.8 Å². The van der Waals surface area contributed by atoms with Crippen LogP contribution in [0.15, 0.2) is 47.4 Å². The van der Waals surface area contributed by atoms with Crippen LogP contribution in [0, 0.1) is 0 Å². The third kappa shape index (κ3) is 10.2. The molecule has 46 heavy (non-hydrogen) atoms. The molecule has 258 valence electrons. The molecule has 3 N–H and O–H groups in total. The number of phenolic OH excluding ortho intramolecular Hbond substituents is 2. The van der Waals surface area contributed by atoms with Crippen molar-refractivity contribution in [1.82, 2.24) is 4.31 Å². The number of halogens is 5. The van der Waals surface area contributed by atoms with Gasteiger partial charge in [-0.3, -0.25) is 4.79 Å². The molecule has 2 atom stereocenters. The number of carboxylic acid groups (broad SMARTS) is 1. The van der Waals surface area contributed by atoms with Gasteiger partial charge >= 0.3 is 18.1 Å². The molecule has 7 nitrogen and oxygen atoms in total. The average molecular weight is 696 g/mol. The Morgan fingerprint density at radius 1 is 0.913 bits per heavy atom. The molecule has 0 radical (unpaired) electrons. The highest BCUT2D eigenvalue weighted by Gasteiger charge is 2.56. The second-order valence-electron chi connectivity index (χ2n) is 12.1. The Labute approximate surface area is 271 Å². The average Bonchev–Trinajstić information content (AvgIpc) is 2.96.